The van der Waals surface area contributed by atoms with Gasteiger partial charge >= 0.3 is 6.03 Å². The Hall–Kier alpha value is -4.62. The monoisotopic (exact) mass is 702 g/mol. The van der Waals surface area contributed by atoms with Gasteiger partial charge in [0.25, 0.3) is 0 Å². The van der Waals surface area contributed by atoms with Gasteiger partial charge in [0.05, 0.1) is 12.1 Å². The number of benzene rings is 5. The molecule has 0 aromatic heterocycles. The number of halogens is 1. The van der Waals surface area contributed by atoms with Crippen molar-refractivity contribution < 1.29 is 19.0 Å². The highest BCUT2D eigenvalue weighted by Gasteiger charge is 2.53. The van der Waals surface area contributed by atoms with Gasteiger partial charge in [-0.15, -0.1) is 11.6 Å². The quantitative estimate of drug-likeness (QED) is 0.148. The Morgan fingerprint density at radius 2 is 1.25 bits per heavy atom. The van der Waals surface area contributed by atoms with Gasteiger partial charge in [-0.25, -0.2) is 4.79 Å². The lowest BCUT2D eigenvalue weighted by molar-refractivity contribution is -0.154. The van der Waals surface area contributed by atoms with E-state index in [1.165, 1.54) is 16.7 Å². The molecule has 2 aliphatic heterocycles. The molecule has 264 valence electrons. The topological polar surface area (TPSA) is 60.0 Å². The molecule has 5 aromatic rings. The Balaban J connectivity index is 0.000000234. The Morgan fingerprint density at radius 3 is 1.86 bits per heavy atom. The molecule has 2 saturated heterocycles. The second kappa shape index (κ2) is 17.1. The Kier molecular flexibility index (Phi) is 12.1. The van der Waals surface area contributed by atoms with Crippen molar-refractivity contribution in [3.63, 3.8) is 0 Å². The van der Waals surface area contributed by atoms with Gasteiger partial charge in [0.1, 0.15) is 24.6 Å². The maximum Gasteiger partial charge on any atom is 0.318 e. The fourth-order valence-corrected chi connectivity index (χ4v) is 6.98. The zero-order chi connectivity index (χ0) is 35.6. The maximum atomic E-state index is 13.8. The molecule has 5 aromatic carbocycles. The van der Waals surface area contributed by atoms with Crippen LogP contribution in [0.25, 0.3) is 0 Å². The van der Waals surface area contributed by atoms with Gasteiger partial charge in [0, 0.05) is 12.4 Å². The van der Waals surface area contributed by atoms with Crippen LogP contribution < -0.4 is 10.1 Å². The lowest BCUT2D eigenvalue weighted by atomic mass is 9.91. The molecule has 7 rings (SSSR count). The number of hydrogen-bond donors (Lipinski definition) is 1. The van der Waals surface area contributed by atoms with Crippen LogP contribution >= 0.6 is 11.6 Å². The largest absolute Gasteiger partial charge is 0.489 e. The first-order valence-corrected chi connectivity index (χ1v) is 18.2. The Bertz CT molecular complexity index is 1820. The molecular weight excluding hydrogens is 656 g/mol. The molecular formula is C44H47ClN2O4. The molecule has 7 heteroatoms. The van der Waals surface area contributed by atoms with Crippen molar-refractivity contribution in [3.8, 4) is 5.75 Å². The van der Waals surface area contributed by atoms with Crippen LogP contribution in [0.5, 0.6) is 5.75 Å². The molecule has 0 saturated carbocycles. The van der Waals surface area contributed by atoms with Gasteiger partial charge in [0.2, 0.25) is 0 Å². The summed E-state index contributed by atoms with van der Waals surface area (Å²) in [6, 6.07) is 46.5. The van der Waals surface area contributed by atoms with Gasteiger partial charge in [-0.1, -0.05) is 133 Å². The molecule has 0 bridgehead atoms. The Labute approximate surface area is 307 Å². The van der Waals surface area contributed by atoms with E-state index in [2.05, 4.69) is 54.7 Å². The minimum atomic E-state index is -0.726. The van der Waals surface area contributed by atoms with Gasteiger partial charge in [-0.3, -0.25) is 0 Å². The van der Waals surface area contributed by atoms with Gasteiger partial charge in [0.15, 0.2) is 5.79 Å². The number of carbonyl (C=O) groups excluding carboxylic acids is 1. The molecule has 2 fully saturated rings. The van der Waals surface area contributed by atoms with Crippen molar-refractivity contribution in [1.82, 2.24) is 10.2 Å². The zero-order valence-corrected chi connectivity index (χ0v) is 30.3. The number of nitrogens with one attached hydrogen (secondary N) is 1. The number of alkyl halides is 1. The molecule has 6 nitrogen and oxygen atoms in total. The highest BCUT2D eigenvalue weighted by molar-refractivity contribution is 6.17. The number of aryl methyl sites for hydroxylation is 1. The number of urea groups is 1. The molecule has 0 radical (unpaired) electrons. The van der Waals surface area contributed by atoms with Crippen LogP contribution in [0.15, 0.2) is 140 Å². The average molecular weight is 703 g/mol. The minimum Gasteiger partial charge on any atom is -0.489 e. The fraction of sp³-hybridized carbons (Fsp3) is 0.295. The van der Waals surface area contributed by atoms with Gasteiger partial charge in [-0.05, 0) is 73.6 Å². The number of carbonyl (C=O) groups is 1. The van der Waals surface area contributed by atoms with Crippen LogP contribution in [-0.4, -0.2) is 41.0 Å². The molecule has 2 aliphatic rings. The van der Waals surface area contributed by atoms with Crippen molar-refractivity contribution >= 4 is 17.6 Å². The lowest BCUT2D eigenvalue weighted by Crippen LogP contribution is -2.50. The summed E-state index contributed by atoms with van der Waals surface area (Å²) in [4.78, 5) is 15.8. The van der Waals surface area contributed by atoms with Crippen molar-refractivity contribution in [2.75, 3.05) is 0 Å². The molecule has 51 heavy (non-hydrogen) atoms. The normalized spacial score (nSPS) is 20.7. The van der Waals surface area contributed by atoms with E-state index < -0.39 is 5.79 Å². The fourth-order valence-electron chi connectivity index (χ4n) is 6.81. The highest BCUT2D eigenvalue weighted by atomic mass is 35.5. The number of amides is 2. The molecule has 4 atom stereocenters. The molecule has 2 heterocycles. The summed E-state index contributed by atoms with van der Waals surface area (Å²) in [5, 5.41) is 3.32. The summed E-state index contributed by atoms with van der Waals surface area (Å²) < 4.78 is 18.7. The first-order chi connectivity index (χ1) is 24.8. The summed E-state index contributed by atoms with van der Waals surface area (Å²) in [6.07, 6.45) is 0.857. The third kappa shape index (κ3) is 10.0. The van der Waals surface area contributed by atoms with Crippen molar-refractivity contribution in [3.05, 3.63) is 173 Å². The lowest BCUT2D eigenvalue weighted by Gasteiger charge is -2.34. The number of ether oxygens (including phenoxy) is 3. The van der Waals surface area contributed by atoms with Crippen LogP contribution in [0.4, 0.5) is 4.79 Å². The summed E-state index contributed by atoms with van der Waals surface area (Å²) in [6.45, 7) is 7.12. The van der Waals surface area contributed by atoms with E-state index in [1.54, 1.807) is 0 Å². The molecule has 0 aliphatic carbocycles. The first-order valence-electron chi connectivity index (χ1n) is 17.6. The van der Waals surface area contributed by atoms with E-state index in [9.17, 15) is 4.79 Å². The number of fused-ring (bicyclic) bond motifs is 1. The SMILES string of the molecule is Cc1cccc(CN2C(=O)N[C@H](Cc3ccccc3)[C@@H]3OC(C)(C)O[C@H]3[C@H]2Cc2ccccc2)c1.ClCc1ccc(OCc2ccccc2)cc1. The van der Waals surface area contributed by atoms with E-state index in [0.717, 1.165) is 22.4 Å². The van der Waals surface area contributed by atoms with Crippen molar-refractivity contribution in [2.24, 2.45) is 0 Å². The van der Waals surface area contributed by atoms with Crippen LogP contribution in [0.2, 0.25) is 0 Å². The molecule has 1 N–H and O–H groups in total. The maximum absolute atomic E-state index is 13.8. The molecule has 0 spiro atoms. The number of hydrogen-bond acceptors (Lipinski definition) is 4. The summed E-state index contributed by atoms with van der Waals surface area (Å²) in [5.74, 6) is 0.688. The predicted molar refractivity (Wildman–Crippen MR) is 204 cm³/mol. The van der Waals surface area contributed by atoms with Crippen molar-refractivity contribution in [1.29, 1.82) is 0 Å². The van der Waals surface area contributed by atoms with Crippen LogP contribution in [0.3, 0.4) is 0 Å². The van der Waals surface area contributed by atoms with Crippen LogP contribution in [0, 0.1) is 6.92 Å². The second-order valence-electron chi connectivity index (χ2n) is 13.7. The molecule has 2 amide bonds. The number of rotatable bonds is 10. The van der Waals surface area contributed by atoms with E-state index in [-0.39, 0.29) is 30.3 Å². The number of nitrogens with zero attached hydrogens (tertiary/aromatic N) is 1. The van der Waals surface area contributed by atoms with Crippen molar-refractivity contribution in [2.45, 2.75) is 82.7 Å². The van der Waals surface area contributed by atoms with Crippen LogP contribution in [0.1, 0.15) is 47.2 Å². The average Bonchev–Trinajstić information content (AvgIpc) is 3.44. The van der Waals surface area contributed by atoms with Gasteiger partial charge < -0.3 is 24.4 Å². The van der Waals surface area contributed by atoms with Gasteiger partial charge in [-0.2, -0.15) is 0 Å². The first kappa shape index (κ1) is 36.2. The predicted octanol–water partition coefficient (Wildman–Crippen LogP) is 9.27. The summed E-state index contributed by atoms with van der Waals surface area (Å²) in [5.41, 5.74) is 6.90. The third-order valence-corrected chi connectivity index (χ3v) is 9.57. The smallest absolute Gasteiger partial charge is 0.318 e. The Morgan fingerprint density at radius 1 is 0.686 bits per heavy atom. The van der Waals surface area contributed by atoms with E-state index in [1.807, 2.05) is 116 Å². The zero-order valence-electron chi connectivity index (χ0n) is 29.6. The summed E-state index contributed by atoms with van der Waals surface area (Å²) >= 11 is 5.71. The standard InChI is InChI=1S/C30H34N2O3.C14H13ClO/c1-21-11-10-16-24(17-21)20-32-26(19-23-14-8-5-9-15-23)28-27(34-30(2,3)35-28)25(31-29(32)33)18-22-12-6-4-7-13-22;15-10-12-6-8-14(9-7-12)16-11-13-4-2-1-3-5-13/h4-17,25-28H,18-20H2,1-3H3,(H,31,33);1-9H,10-11H2/t25-,26-,27+,28+;/m1./s1. The van der Waals surface area contributed by atoms with Crippen LogP contribution in [-0.2, 0) is 41.3 Å². The second-order valence-corrected chi connectivity index (χ2v) is 14.0. The third-order valence-electron chi connectivity index (χ3n) is 9.26. The minimum absolute atomic E-state index is 0.0761. The van der Waals surface area contributed by atoms with E-state index in [4.69, 9.17) is 25.8 Å². The summed E-state index contributed by atoms with van der Waals surface area (Å²) in [7, 11) is 0. The van der Waals surface area contributed by atoms with E-state index in [0.29, 0.717) is 31.9 Å². The molecule has 0 unspecified atom stereocenters. The highest BCUT2D eigenvalue weighted by Crippen LogP contribution is 2.37. The van der Waals surface area contributed by atoms with E-state index >= 15 is 0 Å².